The molecular formula is H6ClInNO3Sn-. The Balaban J connectivity index is -0.0000000150. The molecule has 0 fully saturated rings. The summed E-state index contributed by atoms with van der Waals surface area (Å²) in [6.45, 7) is 0. The second kappa shape index (κ2) is 15.7. The molecular weight excluding hydrogens is 331 g/mol. The van der Waals surface area contributed by atoms with Crippen molar-refractivity contribution in [2.75, 3.05) is 0 Å². The molecule has 44 valence electrons. The van der Waals surface area contributed by atoms with Crippen LogP contribution in [0.1, 0.15) is 0 Å². The van der Waals surface area contributed by atoms with E-state index in [4.69, 9.17) is 15.3 Å². The van der Waals surface area contributed by atoms with Gasteiger partial charge in [-0.1, -0.05) is 0 Å². The number of nitrogens with zero attached hydrogens (tertiary/aromatic N) is 1. The van der Waals surface area contributed by atoms with Gasteiger partial charge in [0.2, 0.25) is 0 Å². The number of halogens is 1. The summed E-state index contributed by atoms with van der Waals surface area (Å²) < 4.78 is 0. The molecule has 0 saturated heterocycles. The summed E-state index contributed by atoms with van der Waals surface area (Å²) in [5, 5.41) is 14.8. The van der Waals surface area contributed by atoms with E-state index >= 15 is 0 Å². The third-order valence-corrected chi connectivity index (χ3v) is 0. The molecule has 0 saturated carbocycles. The van der Waals surface area contributed by atoms with E-state index in [1.54, 1.807) is 0 Å². The molecule has 0 amide bonds. The maximum atomic E-state index is 8.25. The summed E-state index contributed by atoms with van der Waals surface area (Å²) in [5.74, 6) is 0. The van der Waals surface area contributed by atoms with Crippen LogP contribution >= 0.6 is 12.4 Å². The van der Waals surface area contributed by atoms with Gasteiger partial charge in [-0.15, -0.1) is 12.4 Å². The molecule has 0 aliphatic heterocycles. The Labute approximate surface area is 81.9 Å². The fourth-order valence-corrected chi connectivity index (χ4v) is 0. The van der Waals surface area contributed by atoms with Crippen LogP contribution in [0.25, 0.3) is 0 Å². The predicted octanol–water partition coefficient (Wildman–Crippen LogP) is -1.92. The minimum atomic E-state index is -1.75. The van der Waals surface area contributed by atoms with Crippen LogP contribution in [0.3, 0.4) is 0 Å². The summed E-state index contributed by atoms with van der Waals surface area (Å²) in [7, 11) is 0. The first-order valence-electron chi connectivity index (χ1n) is 0.548. The molecule has 0 rings (SSSR count). The van der Waals surface area contributed by atoms with Gasteiger partial charge in [0.05, 0.1) is 5.09 Å². The molecule has 0 heterocycles. The third-order valence-electron chi connectivity index (χ3n) is 0. The van der Waals surface area contributed by atoms with Crippen molar-refractivity contribution in [1.29, 1.82) is 0 Å². The number of hydrogen-bond acceptors (Lipinski definition) is 3. The van der Waals surface area contributed by atoms with Gasteiger partial charge in [0.1, 0.15) is 0 Å². The van der Waals surface area contributed by atoms with Crippen LogP contribution in [-0.4, -0.2) is 54.8 Å². The van der Waals surface area contributed by atoms with E-state index in [0.29, 0.717) is 0 Å². The Bertz CT molecular complexity index is 37.9. The zero-order valence-corrected chi connectivity index (χ0v) is 7.64. The molecule has 7 heteroatoms. The zero-order chi connectivity index (χ0) is 3.58. The van der Waals surface area contributed by atoms with Gasteiger partial charge in [-0.3, -0.25) is 0 Å². The van der Waals surface area contributed by atoms with Gasteiger partial charge >= 0.3 is 49.8 Å². The molecule has 0 aliphatic rings. The molecule has 0 bridgehead atoms. The van der Waals surface area contributed by atoms with E-state index in [-0.39, 0.29) is 62.2 Å². The zero-order valence-electron chi connectivity index (χ0n) is 2.79. The van der Waals surface area contributed by atoms with E-state index in [1.807, 2.05) is 0 Å². The van der Waals surface area contributed by atoms with Crippen molar-refractivity contribution in [1.82, 2.24) is 0 Å². The van der Waals surface area contributed by atoms with Crippen molar-refractivity contribution < 1.29 is 5.09 Å². The van der Waals surface area contributed by atoms with Crippen molar-refractivity contribution in [3.63, 3.8) is 0 Å². The molecule has 0 atom stereocenters. The van der Waals surface area contributed by atoms with Crippen molar-refractivity contribution in [2.45, 2.75) is 0 Å². The average molecular weight is 337 g/mol. The van der Waals surface area contributed by atoms with E-state index in [1.165, 1.54) is 0 Å². The van der Waals surface area contributed by atoms with Crippen LogP contribution in [0.5, 0.6) is 0 Å². The number of rotatable bonds is 0. The van der Waals surface area contributed by atoms with Crippen molar-refractivity contribution in [3.8, 4) is 0 Å². The Morgan fingerprint density at radius 2 is 1.29 bits per heavy atom. The van der Waals surface area contributed by atoms with E-state index in [9.17, 15) is 0 Å². The Hall–Kier alpha value is 1.16. The summed E-state index contributed by atoms with van der Waals surface area (Å²) in [5.41, 5.74) is 0. The number of hydrogen-bond donors (Lipinski definition) is 0. The van der Waals surface area contributed by atoms with Crippen LogP contribution in [0.4, 0.5) is 0 Å². The van der Waals surface area contributed by atoms with Gasteiger partial charge in [-0.25, -0.2) is 0 Å². The first kappa shape index (κ1) is 24.2. The molecule has 0 aromatic rings. The Morgan fingerprint density at radius 3 is 1.29 bits per heavy atom. The quantitative estimate of drug-likeness (QED) is 0.294. The topological polar surface area (TPSA) is 66.2 Å². The molecule has 0 spiro atoms. The Kier molecular flexibility index (Phi) is 54.2. The molecule has 0 unspecified atom stereocenters. The fourth-order valence-electron chi connectivity index (χ4n) is 0. The summed E-state index contributed by atoms with van der Waals surface area (Å²) in [6, 6.07) is 0. The molecule has 2 radical (unpaired) electrons. The molecule has 0 N–H and O–H groups in total. The molecule has 0 aliphatic carbocycles. The normalized spacial score (nSPS) is 3.43. The second-order valence-corrected chi connectivity index (χ2v) is 0.224. The van der Waals surface area contributed by atoms with Crippen LogP contribution in [0.2, 0.25) is 0 Å². The minimum absolute atomic E-state index is 0. The van der Waals surface area contributed by atoms with Crippen LogP contribution in [-0.2, 0) is 0 Å². The van der Waals surface area contributed by atoms with Crippen LogP contribution in [0.15, 0.2) is 0 Å². The monoisotopic (exact) mass is 338 g/mol. The molecule has 7 heavy (non-hydrogen) atoms. The van der Waals surface area contributed by atoms with Gasteiger partial charge in [0, 0.05) is 0 Å². The van der Waals surface area contributed by atoms with Gasteiger partial charge in [-0.05, 0) is 0 Å². The molecule has 4 nitrogen and oxygen atoms in total. The fraction of sp³-hybridized carbons (Fsp3) is 0. The first-order chi connectivity index (χ1) is 1.73. The average Bonchev–Trinajstić information content (AvgIpc) is 0.811. The Morgan fingerprint density at radius 1 is 1.29 bits per heavy atom. The molecule has 0 aromatic heterocycles. The second-order valence-electron chi connectivity index (χ2n) is 0.224. The van der Waals surface area contributed by atoms with Crippen molar-refractivity contribution in [3.05, 3.63) is 15.3 Å². The molecule has 0 aromatic carbocycles. The van der Waals surface area contributed by atoms with Gasteiger partial charge < -0.3 is 15.3 Å². The summed E-state index contributed by atoms with van der Waals surface area (Å²) >= 11 is 0. The van der Waals surface area contributed by atoms with E-state index < -0.39 is 5.09 Å². The van der Waals surface area contributed by atoms with Crippen LogP contribution < -0.4 is 0 Å². The van der Waals surface area contributed by atoms with Crippen molar-refractivity contribution >= 4 is 62.2 Å². The first-order valence-corrected chi connectivity index (χ1v) is 0.548. The third kappa shape index (κ3) is 142. The standard InChI is InChI=1S/ClH.In.NO3.Sn.5H/c;;2-1(3)4;;;;;;/h1H;;;;;;;;/q;;-1;;;;;;. The van der Waals surface area contributed by atoms with Gasteiger partial charge in [0.25, 0.3) is 0 Å². The van der Waals surface area contributed by atoms with Crippen LogP contribution in [0, 0.1) is 15.3 Å². The summed E-state index contributed by atoms with van der Waals surface area (Å²) in [6.07, 6.45) is 0. The van der Waals surface area contributed by atoms with Gasteiger partial charge in [-0.2, -0.15) is 0 Å². The predicted molar refractivity (Wildman–Crippen MR) is 36.1 cm³/mol. The van der Waals surface area contributed by atoms with Crippen molar-refractivity contribution in [2.24, 2.45) is 0 Å². The van der Waals surface area contributed by atoms with E-state index in [2.05, 4.69) is 0 Å². The SMILES string of the molecule is Cl.O=[N+]([O-])[O-].[InH3].[SnH2]. The summed E-state index contributed by atoms with van der Waals surface area (Å²) in [4.78, 5) is 8.25. The van der Waals surface area contributed by atoms with E-state index in [0.717, 1.165) is 0 Å². The maximum absolute atomic E-state index is 8.25. The van der Waals surface area contributed by atoms with Gasteiger partial charge in [0.15, 0.2) is 0 Å².